The number of likely N-dealkylation sites (N-methyl/N-ethyl adjacent to an activating group) is 1. The minimum atomic E-state index is -0.186. The molecule has 2 heterocycles. The van der Waals surface area contributed by atoms with Gasteiger partial charge in [0.2, 0.25) is 11.8 Å². The van der Waals surface area contributed by atoms with E-state index in [2.05, 4.69) is 32.4 Å². The summed E-state index contributed by atoms with van der Waals surface area (Å²) in [6, 6.07) is 18.7. The highest BCUT2D eigenvalue weighted by Crippen LogP contribution is 2.34. The number of halogens is 1. The summed E-state index contributed by atoms with van der Waals surface area (Å²) >= 11 is 6.56. The largest absolute Gasteiger partial charge is 0.495 e. The molecule has 1 fully saturated rings. The van der Waals surface area contributed by atoms with Crippen LogP contribution in [0.15, 0.2) is 65.1 Å². The standard InChI is InChI=1S/C28H28ClN5O3/c1-18-31-32-28(37-18)21-8-10-23(24(29)16-21)19-4-6-20(7-5-19)27(35)30-22-9-11-26(36-3)25(17-22)34-14-12-33(2)13-15-34/h4-11,16-17H,12-15H2,1-3H3,(H,30,35). The molecule has 9 heteroatoms. The van der Waals surface area contributed by atoms with E-state index in [0.29, 0.717) is 22.4 Å². The van der Waals surface area contributed by atoms with Crippen molar-refractivity contribution in [3.63, 3.8) is 0 Å². The van der Waals surface area contributed by atoms with Gasteiger partial charge in [0.1, 0.15) is 5.75 Å². The van der Waals surface area contributed by atoms with Crippen LogP contribution in [0.1, 0.15) is 16.2 Å². The van der Waals surface area contributed by atoms with Crippen LogP contribution in [0.5, 0.6) is 5.75 Å². The van der Waals surface area contributed by atoms with Gasteiger partial charge in [-0.2, -0.15) is 0 Å². The molecule has 1 N–H and O–H groups in total. The average Bonchev–Trinajstić information content (AvgIpc) is 3.35. The van der Waals surface area contributed by atoms with E-state index in [-0.39, 0.29) is 5.91 Å². The van der Waals surface area contributed by atoms with Crippen molar-refractivity contribution in [3.05, 3.63) is 77.1 Å². The molecule has 5 rings (SSSR count). The number of methoxy groups -OCH3 is 1. The summed E-state index contributed by atoms with van der Waals surface area (Å²) in [4.78, 5) is 17.6. The second kappa shape index (κ2) is 10.6. The van der Waals surface area contributed by atoms with Crippen molar-refractivity contribution in [2.75, 3.05) is 50.6 Å². The van der Waals surface area contributed by atoms with Crippen LogP contribution in [0, 0.1) is 6.92 Å². The van der Waals surface area contributed by atoms with Crippen molar-refractivity contribution in [3.8, 4) is 28.3 Å². The first-order valence-corrected chi connectivity index (χ1v) is 12.4. The second-order valence-corrected chi connectivity index (χ2v) is 9.44. The van der Waals surface area contributed by atoms with Gasteiger partial charge in [0.25, 0.3) is 5.91 Å². The number of hydrogen-bond acceptors (Lipinski definition) is 7. The molecule has 4 aromatic rings. The molecule has 0 atom stereocenters. The maximum Gasteiger partial charge on any atom is 0.255 e. The number of aromatic nitrogens is 2. The molecule has 0 unspecified atom stereocenters. The number of piperazine rings is 1. The Hall–Kier alpha value is -3.88. The van der Waals surface area contributed by atoms with Gasteiger partial charge >= 0.3 is 0 Å². The lowest BCUT2D eigenvalue weighted by Crippen LogP contribution is -2.44. The first-order valence-electron chi connectivity index (χ1n) is 12.0. The SMILES string of the molecule is COc1ccc(NC(=O)c2ccc(-c3ccc(-c4nnc(C)o4)cc3Cl)cc2)cc1N1CCN(C)CC1. The number of amides is 1. The monoisotopic (exact) mass is 517 g/mol. The molecule has 0 saturated carbocycles. The number of anilines is 2. The lowest BCUT2D eigenvalue weighted by Gasteiger charge is -2.34. The van der Waals surface area contributed by atoms with Crippen molar-refractivity contribution in [2.45, 2.75) is 6.92 Å². The zero-order valence-electron chi connectivity index (χ0n) is 21.0. The first kappa shape index (κ1) is 24.8. The Bertz CT molecular complexity index is 1410. The van der Waals surface area contributed by atoms with E-state index in [1.54, 1.807) is 32.2 Å². The fourth-order valence-electron chi connectivity index (χ4n) is 4.36. The van der Waals surface area contributed by atoms with E-state index >= 15 is 0 Å². The van der Waals surface area contributed by atoms with Crippen molar-refractivity contribution >= 4 is 28.9 Å². The van der Waals surface area contributed by atoms with Crippen molar-refractivity contribution in [1.82, 2.24) is 15.1 Å². The lowest BCUT2D eigenvalue weighted by atomic mass is 10.0. The predicted molar refractivity (Wildman–Crippen MR) is 146 cm³/mol. The molecular formula is C28H28ClN5O3. The molecule has 1 amide bonds. The van der Waals surface area contributed by atoms with Gasteiger partial charge in [-0.25, -0.2) is 0 Å². The molecule has 1 saturated heterocycles. The van der Waals surface area contributed by atoms with Gasteiger partial charge in [-0.15, -0.1) is 10.2 Å². The number of carbonyl (C=O) groups is 1. The summed E-state index contributed by atoms with van der Waals surface area (Å²) in [6.45, 7) is 5.52. The maximum absolute atomic E-state index is 13.0. The van der Waals surface area contributed by atoms with Gasteiger partial charge in [-0.3, -0.25) is 4.79 Å². The van der Waals surface area contributed by atoms with E-state index in [1.165, 1.54) is 0 Å². The normalized spacial score (nSPS) is 14.0. The molecule has 0 spiro atoms. The zero-order chi connectivity index (χ0) is 25.9. The molecule has 1 aliphatic rings. The highest BCUT2D eigenvalue weighted by Gasteiger charge is 2.19. The fraction of sp³-hybridized carbons (Fsp3) is 0.250. The molecule has 3 aromatic carbocycles. The van der Waals surface area contributed by atoms with E-state index in [4.69, 9.17) is 20.8 Å². The molecular weight excluding hydrogens is 490 g/mol. The Kier molecular flexibility index (Phi) is 7.12. The van der Waals surface area contributed by atoms with E-state index in [9.17, 15) is 4.79 Å². The molecule has 0 bridgehead atoms. The van der Waals surface area contributed by atoms with E-state index < -0.39 is 0 Å². The second-order valence-electron chi connectivity index (χ2n) is 9.03. The molecule has 1 aromatic heterocycles. The smallest absolute Gasteiger partial charge is 0.255 e. The minimum absolute atomic E-state index is 0.186. The number of ether oxygens (including phenoxy) is 1. The lowest BCUT2D eigenvalue weighted by molar-refractivity contribution is 0.102. The number of aryl methyl sites for hydroxylation is 1. The Labute approximate surface area is 220 Å². The quantitative estimate of drug-likeness (QED) is 0.367. The molecule has 190 valence electrons. The van der Waals surface area contributed by atoms with Crippen LogP contribution in [0.3, 0.4) is 0 Å². The van der Waals surface area contributed by atoms with Crippen molar-refractivity contribution in [2.24, 2.45) is 0 Å². The number of nitrogens with one attached hydrogen (secondary N) is 1. The number of nitrogens with zero attached hydrogens (tertiary/aromatic N) is 4. The van der Waals surface area contributed by atoms with Gasteiger partial charge in [-0.05, 0) is 55.1 Å². The minimum Gasteiger partial charge on any atom is -0.495 e. The summed E-state index contributed by atoms with van der Waals surface area (Å²) in [5.41, 5.74) is 4.75. The van der Waals surface area contributed by atoms with Crippen LogP contribution in [-0.4, -0.2) is 61.3 Å². The van der Waals surface area contributed by atoms with Crippen LogP contribution in [0.2, 0.25) is 5.02 Å². The Morgan fingerprint density at radius 3 is 2.35 bits per heavy atom. The van der Waals surface area contributed by atoms with E-state index in [1.807, 2.05) is 42.5 Å². The highest BCUT2D eigenvalue weighted by molar-refractivity contribution is 6.33. The predicted octanol–water partition coefficient (Wildman–Crippen LogP) is 5.38. The highest BCUT2D eigenvalue weighted by atomic mass is 35.5. The van der Waals surface area contributed by atoms with Gasteiger partial charge < -0.3 is 24.3 Å². The summed E-state index contributed by atoms with van der Waals surface area (Å²) in [6.07, 6.45) is 0. The summed E-state index contributed by atoms with van der Waals surface area (Å²) in [5.74, 6) is 1.53. The molecule has 0 radical (unpaired) electrons. The summed E-state index contributed by atoms with van der Waals surface area (Å²) in [5, 5.41) is 11.5. The van der Waals surface area contributed by atoms with Crippen LogP contribution < -0.4 is 15.0 Å². The van der Waals surface area contributed by atoms with Crippen LogP contribution in [-0.2, 0) is 0 Å². The number of rotatable bonds is 6. The third-order valence-corrected chi connectivity index (χ3v) is 6.79. The number of hydrogen-bond donors (Lipinski definition) is 1. The van der Waals surface area contributed by atoms with Crippen molar-refractivity contribution in [1.29, 1.82) is 0 Å². The summed E-state index contributed by atoms with van der Waals surface area (Å²) in [7, 11) is 3.79. The Balaban J connectivity index is 1.30. The molecule has 1 aliphatic heterocycles. The van der Waals surface area contributed by atoms with Crippen molar-refractivity contribution < 1.29 is 13.9 Å². The topological polar surface area (TPSA) is 83.7 Å². The number of carbonyl (C=O) groups excluding carboxylic acids is 1. The van der Waals surface area contributed by atoms with Crippen LogP contribution in [0.4, 0.5) is 11.4 Å². The van der Waals surface area contributed by atoms with E-state index in [0.717, 1.165) is 60.0 Å². The van der Waals surface area contributed by atoms with Gasteiger partial charge in [0.15, 0.2) is 0 Å². The van der Waals surface area contributed by atoms with Gasteiger partial charge in [0, 0.05) is 60.5 Å². The Morgan fingerprint density at radius 2 is 1.70 bits per heavy atom. The molecule has 0 aliphatic carbocycles. The fourth-order valence-corrected chi connectivity index (χ4v) is 4.65. The average molecular weight is 518 g/mol. The maximum atomic E-state index is 13.0. The Morgan fingerprint density at radius 1 is 0.973 bits per heavy atom. The first-order chi connectivity index (χ1) is 17.9. The van der Waals surface area contributed by atoms with Crippen LogP contribution in [0.25, 0.3) is 22.6 Å². The summed E-state index contributed by atoms with van der Waals surface area (Å²) < 4.78 is 11.1. The molecule has 8 nitrogen and oxygen atoms in total. The van der Waals surface area contributed by atoms with Crippen LogP contribution >= 0.6 is 11.6 Å². The third-order valence-electron chi connectivity index (χ3n) is 6.48. The third kappa shape index (κ3) is 5.45. The zero-order valence-corrected chi connectivity index (χ0v) is 21.7. The molecule has 37 heavy (non-hydrogen) atoms. The van der Waals surface area contributed by atoms with Gasteiger partial charge in [-0.1, -0.05) is 29.8 Å². The number of benzene rings is 3. The van der Waals surface area contributed by atoms with Gasteiger partial charge in [0.05, 0.1) is 12.8 Å².